The molecule has 0 unspecified atom stereocenters. The van der Waals surface area contributed by atoms with E-state index >= 15 is 0 Å². The van der Waals surface area contributed by atoms with E-state index in [0.29, 0.717) is 16.5 Å². The van der Waals surface area contributed by atoms with Crippen molar-refractivity contribution >= 4 is 18.1 Å². The highest BCUT2D eigenvalue weighted by Crippen LogP contribution is 2.28. The smallest absolute Gasteiger partial charge is 0.242 e. The normalized spacial score (nSPS) is 15.0. The molecule has 6 heteroatoms. The van der Waals surface area contributed by atoms with Gasteiger partial charge in [0.2, 0.25) is 5.91 Å². The number of rotatable bonds is 4. The summed E-state index contributed by atoms with van der Waals surface area (Å²) in [7, 11) is 0. The summed E-state index contributed by atoms with van der Waals surface area (Å²) in [6, 6.07) is 18.6. The molecule has 3 aromatic rings. The lowest BCUT2D eigenvalue weighted by atomic mass is 9.89. The van der Waals surface area contributed by atoms with Gasteiger partial charge in [0.15, 0.2) is 10.6 Å². The second-order valence-electron chi connectivity index (χ2n) is 7.37. The van der Waals surface area contributed by atoms with Crippen LogP contribution < -0.4 is 0 Å². The van der Waals surface area contributed by atoms with Crippen LogP contribution in [0, 0.1) is 11.7 Å². The highest BCUT2D eigenvalue weighted by molar-refractivity contribution is 7.71. The Morgan fingerprint density at radius 1 is 1.14 bits per heavy atom. The number of aromatic amines is 1. The number of carbonyl (C=O) groups excluding carboxylic acids is 1. The molecule has 0 atom stereocenters. The largest absolute Gasteiger partial charge is 0.341 e. The van der Waals surface area contributed by atoms with E-state index < -0.39 is 0 Å². The Kier molecular flexibility index (Phi) is 5.39. The molecule has 0 bridgehead atoms. The zero-order valence-corrected chi connectivity index (χ0v) is 16.8. The lowest BCUT2D eigenvalue weighted by Crippen LogP contribution is -2.39. The Balaban J connectivity index is 1.45. The molecule has 2 heterocycles. The first-order chi connectivity index (χ1) is 13.6. The van der Waals surface area contributed by atoms with Gasteiger partial charge in [-0.1, -0.05) is 54.1 Å². The number of amides is 1. The first kappa shape index (κ1) is 18.6. The molecule has 144 valence electrons. The van der Waals surface area contributed by atoms with Crippen molar-refractivity contribution in [3.05, 3.63) is 70.5 Å². The van der Waals surface area contributed by atoms with E-state index in [-0.39, 0.29) is 12.5 Å². The third kappa shape index (κ3) is 3.92. The number of hydrogen-bond donors (Lipinski definition) is 1. The molecule has 1 amide bonds. The van der Waals surface area contributed by atoms with E-state index in [1.54, 1.807) is 4.57 Å². The van der Waals surface area contributed by atoms with Crippen LogP contribution in [0.3, 0.4) is 0 Å². The van der Waals surface area contributed by atoms with Crippen LogP contribution in [0.1, 0.15) is 29.9 Å². The van der Waals surface area contributed by atoms with Crippen LogP contribution in [-0.4, -0.2) is 38.7 Å². The molecule has 4 rings (SSSR count). The zero-order chi connectivity index (χ0) is 19.5. The topological polar surface area (TPSA) is 53.9 Å². The maximum Gasteiger partial charge on any atom is 0.242 e. The standard InChI is InChI=1S/C22H24N4OS/c1-16-6-5-9-19(14-16)21-23-24-22(28)26(21)15-20(27)25-12-10-18(11-13-25)17-7-3-2-4-8-17/h2-9,14,18H,10-13,15H2,1H3,(H,24,28). The van der Waals surface area contributed by atoms with Gasteiger partial charge in [0.1, 0.15) is 6.54 Å². The van der Waals surface area contributed by atoms with Crippen molar-refractivity contribution in [2.45, 2.75) is 32.2 Å². The van der Waals surface area contributed by atoms with E-state index in [0.717, 1.165) is 37.1 Å². The van der Waals surface area contributed by atoms with Crippen molar-refractivity contribution in [3.8, 4) is 11.4 Å². The molecule has 1 saturated heterocycles. The third-order valence-corrected chi connectivity index (χ3v) is 5.76. The lowest BCUT2D eigenvalue weighted by molar-refractivity contribution is -0.132. The number of hydrogen-bond acceptors (Lipinski definition) is 3. The Bertz CT molecular complexity index is 1020. The van der Waals surface area contributed by atoms with Crippen LogP contribution in [0.5, 0.6) is 0 Å². The van der Waals surface area contributed by atoms with Crippen LogP contribution in [-0.2, 0) is 11.3 Å². The van der Waals surface area contributed by atoms with Gasteiger partial charge >= 0.3 is 0 Å². The molecule has 0 spiro atoms. The summed E-state index contributed by atoms with van der Waals surface area (Å²) in [5.74, 6) is 1.34. The Morgan fingerprint density at radius 2 is 1.89 bits per heavy atom. The monoisotopic (exact) mass is 392 g/mol. The van der Waals surface area contributed by atoms with Gasteiger partial charge in [-0.25, -0.2) is 0 Å². The lowest BCUT2D eigenvalue weighted by Gasteiger charge is -2.32. The minimum atomic E-state index is 0.0953. The van der Waals surface area contributed by atoms with Gasteiger partial charge in [-0.3, -0.25) is 14.5 Å². The predicted molar refractivity (Wildman–Crippen MR) is 113 cm³/mol. The van der Waals surface area contributed by atoms with Crippen molar-refractivity contribution in [1.29, 1.82) is 0 Å². The molecular formula is C22H24N4OS. The second-order valence-corrected chi connectivity index (χ2v) is 7.76. The van der Waals surface area contributed by atoms with Crippen LogP contribution in [0.15, 0.2) is 54.6 Å². The number of nitrogens with one attached hydrogen (secondary N) is 1. The molecule has 28 heavy (non-hydrogen) atoms. The molecule has 1 aromatic heterocycles. The fraction of sp³-hybridized carbons (Fsp3) is 0.318. The molecule has 0 saturated carbocycles. The van der Waals surface area contributed by atoms with E-state index in [2.05, 4.69) is 40.5 Å². The fourth-order valence-electron chi connectivity index (χ4n) is 3.89. The maximum atomic E-state index is 12.9. The molecule has 1 aliphatic rings. The molecule has 0 radical (unpaired) electrons. The van der Waals surface area contributed by atoms with Gasteiger partial charge in [-0.05, 0) is 49.5 Å². The van der Waals surface area contributed by atoms with E-state index in [1.165, 1.54) is 5.56 Å². The number of aromatic nitrogens is 3. The number of carbonyl (C=O) groups is 1. The molecule has 5 nitrogen and oxygen atoms in total. The van der Waals surface area contributed by atoms with E-state index in [9.17, 15) is 4.79 Å². The number of piperidine rings is 1. The average molecular weight is 393 g/mol. The Hall–Kier alpha value is -2.73. The quantitative estimate of drug-likeness (QED) is 0.673. The van der Waals surface area contributed by atoms with Gasteiger partial charge in [0.25, 0.3) is 0 Å². The SMILES string of the molecule is Cc1cccc(-c2n[nH]c(=S)n2CC(=O)N2CCC(c3ccccc3)CC2)c1. The number of nitrogens with zero attached hydrogens (tertiary/aromatic N) is 3. The summed E-state index contributed by atoms with van der Waals surface area (Å²) in [5, 5.41) is 7.19. The van der Waals surface area contributed by atoms with Gasteiger partial charge in [-0.2, -0.15) is 5.10 Å². The van der Waals surface area contributed by atoms with E-state index in [1.807, 2.05) is 36.1 Å². The van der Waals surface area contributed by atoms with E-state index in [4.69, 9.17) is 12.2 Å². The van der Waals surface area contributed by atoms with Crippen molar-refractivity contribution in [3.63, 3.8) is 0 Å². The van der Waals surface area contributed by atoms with Gasteiger partial charge in [0, 0.05) is 18.7 Å². The molecule has 1 aliphatic heterocycles. The molecule has 0 aliphatic carbocycles. The summed E-state index contributed by atoms with van der Waals surface area (Å²) in [5.41, 5.74) is 3.48. The number of aryl methyl sites for hydroxylation is 1. The maximum absolute atomic E-state index is 12.9. The summed E-state index contributed by atoms with van der Waals surface area (Å²) < 4.78 is 2.28. The van der Waals surface area contributed by atoms with Crippen LogP contribution in [0.25, 0.3) is 11.4 Å². The van der Waals surface area contributed by atoms with Crippen LogP contribution in [0.2, 0.25) is 0 Å². The van der Waals surface area contributed by atoms with Crippen molar-refractivity contribution in [2.24, 2.45) is 0 Å². The minimum absolute atomic E-state index is 0.0953. The highest BCUT2D eigenvalue weighted by atomic mass is 32.1. The van der Waals surface area contributed by atoms with Gasteiger partial charge < -0.3 is 4.90 Å². The predicted octanol–water partition coefficient (Wildman–Crippen LogP) is 4.32. The minimum Gasteiger partial charge on any atom is -0.341 e. The van der Waals surface area contributed by atoms with Gasteiger partial charge in [-0.15, -0.1) is 0 Å². The summed E-state index contributed by atoms with van der Waals surface area (Å²) in [4.78, 5) is 14.9. The zero-order valence-electron chi connectivity index (χ0n) is 16.0. The summed E-state index contributed by atoms with van der Waals surface area (Å²) >= 11 is 5.38. The second kappa shape index (κ2) is 8.10. The van der Waals surface area contributed by atoms with Crippen molar-refractivity contribution in [2.75, 3.05) is 13.1 Å². The summed E-state index contributed by atoms with van der Waals surface area (Å²) in [6.45, 7) is 3.82. The first-order valence-electron chi connectivity index (χ1n) is 9.67. The number of H-pyrrole nitrogens is 1. The van der Waals surface area contributed by atoms with Gasteiger partial charge in [0.05, 0.1) is 0 Å². The molecule has 2 aromatic carbocycles. The number of likely N-dealkylation sites (tertiary alicyclic amines) is 1. The van der Waals surface area contributed by atoms with Crippen molar-refractivity contribution in [1.82, 2.24) is 19.7 Å². The van der Waals surface area contributed by atoms with Crippen LogP contribution in [0.4, 0.5) is 0 Å². The Labute approximate surface area is 170 Å². The fourth-order valence-corrected chi connectivity index (χ4v) is 4.09. The first-order valence-corrected chi connectivity index (χ1v) is 10.1. The average Bonchev–Trinajstić information content (AvgIpc) is 3.09. The third-order valence-electron chi connectivity index (χ3n) is 5.45. The molecule has 1 fully saturated rings. The molecular weight excluding hydrogens is 368 g/mol. The van der Waals surface area contributed by atoms with Crippen molar-refractivity contribution < 1.29 is 4.79 Å². The van der Waals surface area contributed by atoms with Crippen LogP contribution >= 0.6 is 12.2 Å². The Morgan fingerprint density at radius 3 is 2.61 bits per heavy atom. The summed E-state index contributed by atoms with van der Waals surface area (Å²) in [6.07, 6.45) is 1.99. The highest BCUT2D eigenvalue weighted by Gasteiger charge is 2.24. The number of benzene rings is 2. The molecule has 1 N–H and O–H groups in total.